The van der Waals surface area contributed by atoms with Gasteiger partial charge in [0, 0.05) is 25.2 Å². The summed E-state index contributed by atoms with van der Waals surface area (Å²) in [5.74, 6) is 0.216. The van der Waals surface area contributed by atoms with Gasteiger partial charge in [-0.1, -0.05) is 6.07 Å². The van der Waals surface area contributed by atoms with Gasteiger partial charge in [0.05, 0.1) is 24.9 Å². The van der Waals surface area contributed by atoms with Crippen LogP contribution in [0.5, 0.6) is 0 Å². The molecular formula is C17H25N3O2. The number of amides is 1. The van der Waals surface area contributed by atoms with Crippen LogP contribution in [-0.4, -0.2) is 60.6 Å². The molecule has 5 heteroatoms. The fourth-order valence-corrected chi connectivity index (χ4v) is 3.31. The van der Waals surface area contributed by atoms with Gasteiger partial charge in [-0.3, -0.25) is 14.7 Å². The first-order chi connectivity index (χ1) is 10.7. The highest BCUT2D eigenvalue weighted by Crippen LogP contribution is 2.29. The minimum absolute atomic E-state index is 0.216. The molecule has 0 aliphatic carbocycles. The summed E-state index contributed by atoms with van der Waals surface area (Å²) in [6.07, 6.45) is 3.68. The smallest absolute Gasteiger partial charge is 0.223 e. The van der Waals surface area contributed by atoms with Gasteiger partial charge >= 0.3 is 0 Å². The number of aromatic nitrogens is 1. The van der Waals surface area contributed by atoms with Crippen molar-refractivity contribution in [2.75, 3.05) is 39.9 Å². The standard InChI is InChI=1S/C17H25N3O2/c1-19-9-3-6-16(19)15-5-2-4-14(18-15)7-8-17(21)20-10-12-22-13-11-20/h2,4-5,16H,3,6-13H2,1H3. The lowest BCUT2D eigenvalue weighted by Gasteiger charge is -2.26. The van der Waals surface area contributed by atoms with Crippen LogP contribution in [-0.2, 0) is 16.0 Å². The average Bonchev–Trinajstić information content (AvgIpc) is 3.00. The third-order valence-corrected chi connectivity index (χ3v) is 4.65. The van der Waals surface area contributed by atoms with Gasteiger partial charge in [0.1, 0.15) is 0 Å². The lowest BCUT2D eigenvalue weighted by Crippen LogP contribution is -2.40. The molecule has 1 aromatic rings. The van der Waals surface area contributed by atoms with E-state index in [1.807, 2.05) is 11.0 Å². The third kappa shape index (κ3) is 3.65. The highest BCUT2D eigenvalue weighted by atomic mass is 16.5. The van der Waals surface area contributed by atoms with E-state index in [-0.39, 0.29) is 5.91 Å². The maximum absolute atomic E-state index is 12.2. The molecule has 0 N–H and O–H groups in total. The number of hydrogen-bond acceptors (Lipinski definition) is 4. The minimum Gasteiger partial charge on any atom is -0.378 e. The van der Waals surface area contributed by atoms with Crippen LogP contribution in [0.3, 0.4) is 0 Å². The van der Waals surface area contributed by atoms with Crippen LogP contribution in [0.25, 0.3) is 0 Å². The fourth-order valence-electron chi connectivity index (χ4n) is 3.31. The number of pyridine rings is 1. The van der Waals surface area contributed by atoms with E-state index in [1.54, 1.807) is 0 Å². The molecule has 1 unspecified atom stereocenters. The number of rotatable bonds is 4. The van der Waals surface area contributed by atoms with Crippen molar-refractivity contribution in [3.05, 3.63) is 29.6 Å². The zero-order valence-corrected chi connectivity index (χ0v) is 13.3. The van der Waals surface area contributed by atoms with Crippen LogP contribution >= 0.6 is 0 Å². The molecule has 22 heavy (non-hydrogen) atoms. The number of carbonyl (C=O) groups excluding carboxylic acids is 1. The van der Waals surface area contributed by atoms with Crippen molar-refractivity contribution in [3.63, 3.8) is 0 Å². The number of aryl methyl sites for hydroxylation is 1. The molecule has 1 amide bonds. The van der Waals surface area contributed by atoms with Gasteiger partial charge in [0.25, 0.3) is 0 Å². The predicted molar refractivity (Wildman–Crippen MR) is 84.6 cm³/mol. The molecule has 120 valence electrons. The number of morpholine rings is 1. The quantitative estimate of drug-likeness (QED) is 0.848. The summed E-state index contributed by atoms with van der Waals surface area (Å²) < 4.78 is 5.28. The molecular weight excluding hydrogens is 278 g/mol. The molecule has 2 saturated heterocycles. The van der Waals surface area contributed by atoms with E-state index in [0.29, 0.717) is 25.7 Å². The van der Waals surface area contributed by atoms with Crippen molar-refractivity contribution < 1.29 is 9.53 Å². The molecule has 2 aliphatic rings. The average molecular weight is 303 g/mol. The fraction of sp³-hybridized carbons (Fsp3) is 0.647. The Kier molecular flexibility index (Phi) is 5.05. The Labute approximate surface area is 132 Å². The van der Waals surface area contributed by atoms with Gasteiger partial charge in [-0.05, 0) is 45.0 Å². The van der Waals surface area contributed by atoms with E-state index in [4.69, 9.17) is 9.72 Å². The number of ether oxygens (including phenoxy) is 1. The first-order valence-electron chi connectivity index (χ1n) is 8.25. The molecule has 2 aliphatic heterocycles. The van der Waals surface area contributed by atoms with Crippen LogP contribution < -0.4 is 0 Å². The maximum Gasteiger partial charge on any atom is 0.223 e. The van der Waals surface area contributed by atoms with Crippen molar-refractivity contribution >= 4 is 5.91 Å². The second kappa shape index (κ2) is 7.20. The van der Waals surface area contributed by atoms with Gasteiger partial charge in [0.15, 0.2) is 0 Å². The minimum atomic E-state index is 0.216. The lowest BCUT2D eigenvalue weighted by molar-refractivity contribution is -0.135. The molecule has 3 heterocycles. The Morgan fingerprint density at radius 2 is 2.14 bits per heavy atom. The molecule has 0 radical (unpaired) electrons. The van der Waals surface area contributed by atoms with Crippen molar-refractivity contribution in [1.29, 1.82) is 0 Å². The van der Waals surface area contributed by atoms with Gasteiger partial charge in [-0.15, -0.1) is 0 Å². The number of carbonyl (C=O) groups is 1. The van der Waals surface area contributed by atoms with Crippen LogP contribution in [0.4, 0.5) is 0 Å². The Morgan fingerprint density at radius 1 is 1.32 bits per heavy atom. The summed E-state index contributed by atoms with van der Waals surface area (Å²) >= 11 is 0. The normalized spacial score (nSPS) is 23.0. The molecule has 3 rings (SSSR count). The molecule has 2 fully saturated rings. The van der Waals surface area contributed by atoms with Crippen molar-refractivity contribution in [1.82, 2.24) is 14.8 Å². The van der Waals surface area contributed by atoms with Gasteiger partial charge in [-0.25, -0.2) is 0 Å². The van der Waals surface area contributed by atoms with E-state index in [9.17, 15) is 4.79 Å². The van der Waals surface area contributed by atoms with Crippen molar-refractivity contribution in [2.24, 2.45) is 0 Å². The number of likely N-dealkylation sites (tertiary alicyclic amines) is 1. The Hall–Kier alpha value is -1.46. The molecule has 0 aromatic carbocycles. The Bertz CT molecular complexity index is 514. The van der Waals surface area contributed by atoms with Crippen LogP contribution in [0.15, 0.2) is 18.2 Å². The highest BCUT2D eigenvalue weighted by molar-refractivity contribution is 5.76. The van der Waals surface area contributed by atoms with E-state index < -0.39 is 0 Å². The first kappa shape index (κ1) is 15.4. The zero-order valence-electron chi connectivity index (χ0n) is 13.3. The largest absolute Gasteiger partial charge is 0.378 e. The monoisotopic (exact) mass is 303 g/mol. The molecule has 5 nitrogen and oxygen atoms in total. The summed E-state index contributed by atoms with van der Waals surface area (Å²) in [5, 5.41) is 0. The Morgan fingerprint density at radius 3 is 2.86 bits per heavy atom. The summed E-state index contributed by atoms with van der Waals surface area (Å²) in [6.45, 7) is 3.91. The number of hydrogen-bond donors (Lipinski definition) is 0. The van der Waals surface area contributed by atoms with Crippen LogP contribution in [0, 0.1) is 0 Å². The lowest BCUT2D eigenvalue weighted by atomic mass is 10.1. The Balaban J connectivity index is 1.57. The van der Waals surface area contributed by atoms with Crippen molar-refractivity contribution in [3.8, 4) is 0 Å². The van der Waals surface area contributed by atoms with Gasteiger partial charge in [-0.2, -0.15) is 0 Å². The SMILES string of the molecule is CN1CCCC1c1cccc(CCC(=O)N2CCOCC2)n1. The maximum atomic E-state index is 12.2. The summed E-state index contributed by atoms with van der Waals surface area (Å²) in [6, 6.07) is 6.66. The third-order valence-electron chi connectivity index (χ3n) is 4.65. The molecule has 1 aromatic heterocycles. The molecule has 0 bridgehead atoms. The molecule has 0 spiro atoms. The van der Waals surface area contributed by atoms with E-state index >= 15 is 0 Å². The van der Waals surface area contributed by atoms with Crippen LogP contribution in [0.1, 0.15) is 36.7 Å². The van der Waals surface area contributed by atoms with E-state index in [2.05, 4.69) is 24.1 Å². The first-order valence-corrected chi connectivity index (χ1v) is 8.25. The topological polar surface area (TPSA) is 45.7 Å². The molecule has 1 atom stereocenters. The van der Waals surface area contributed by atoms with Crippen molar-refractivity contribution in [2.45, 2.75) is 31.7 Å². The summed E-state index contributed by atoms with van der Waals surface area (Å²) in [5.41, 5.74) is 2.18. The summed E-state index contributed by atoms with van der Waals surface area (Å²) in [4.78, 5) is 21.3. The van der Waals surface area contributed by atoms with Crippen LogP contribution in [0.2, 0.25) is 0 Å². The number of nitrogens with zero attached hydrogens (tertiary/aromatic N) is 3. The van der Waals surface area contributed by atoms with Gasteiger partial charge < -0.3 is 9.64 Å². The predicted octanol–water partition coefficient (Wildman–Crippen LogP) is 1.64. The second-order valence-corrected chi connectivity index (χ2v) is 6.19. The second-order valence-electron chi connectivity index (χ2n) is 6.19. The molecule has 0 saturated carbocycles. The van der Waals surface area contributed by atoms with E-state index in [0.717, 1.165) is 37.4 Å². The highest BCUT2D eigenvalue weighted by Gasteiger charge is 2.24. The summed E-state index contributed by atoms with van der Waals surface area (Å²) in [7, 11) is 2.16. The van der Waals surface area contributed by atoms with E-state index in [1.165, 1.54) is 12.8 Å². The zero-order chi connectivity index (χ0) is 15.4. The van der Waals surface area contributed by atoms with Gasteiger partial charge in [0.2, 0.25) is 5.91 Å².